The maximum atomic E-state index is 11.5. The first-order valence-electron chi connectivity index (χ1n) is 8.09. The monoisotopic (exact) mass is 292 g/mol. The lowest BCUT2D eigenvalue weighted by molar-refractivity contribution is 0.304. The molecule has 0 bridgehead atoms. The van der Waals surface area contributed by atoms with Gasteiger partial charge in [-0.15, -0.1) is 0 Å². The minimum absolute atomic E-state index is 0.126. The van der Waals surface area contributed by atoms with Gasteiger partial charge in [0.2, 0.25) is 5.43 Å². The molecule has 0 atom stereocenters. The maximum absolute atomic E-state index is 11.5. The second-order valence-corrected chi connectivity index (χ2v) is 5.32. The summed E-state index contributed by atoms with van der Waals surface area (Å²) in [5, 5.41) is 0. The van der Waals surface area contributed by atoms with E-state index in [0.717, 1.165) is 12.2 Å². The van der Waals surface area contributed by atoms with E-state index in [0.29, 0.717) is 12.4 Å². The van der Waals surface area contributed by atoms with Gasteiger partial charge in [0.15, 0.2) is 5.75 Å². The van der Waals surface area contributed by atoms with Gasteiger partial charge in [-0.25, -0.2) is 0 Å². The van der Waals surface area contributed by atoms with E-state index in [1.165, 1.54) is 58.1 Å². The van der Waals surface area contributed by atoms with Crippen molar-refractivity contribution in [2.24, 2.45) is 0 Å². The molecule has 0 saturated heterocycles. The molecule has 1 rings (SSSR count). The summed E-state index contributed by atoms with van der Waals surface area (Å²) in [5.41, 5.74) is -0.126. The van der Waals surface area contributed by atoms with E-state index >= 15 is 0 Å². The molecular formula is C18H28O3. The summed E-state index contributed by atoms with van der Waals surface area (Å²) in [6.45, 7) is 2.95. The first kappa shape index (κ1) is 17.5. The number of ether oxygens (including phenoxy) is 2. The van der Waals surface area contributed by atoms with E-state index in [-0.39, 0.29) is 5.43 Å². The molecule has 0 unspecified atom stereocenters. The van der Waals surface area contributed by atoms with Crippen molar-refractivity contribution in [1.82, 2.24) is 0 Å². The zero-order chi connectivity index (χ0) is 15.3. The van der Waals surface area contributed by atoms with E-state index in [1.54, 1.807) is 18.2 Å². The van der Waals surface area contributed by atoms with Gasteiger partial charge in [-0.2, -0.15) is 0 Å². The average Bonchev–Trinajstić information content (AvgIpc) is 2.67. The summed E-state index contributed by atoms with van der Waals surface area (Å²) < 4.78 is 10.7. The lowest BCUT2D eigenvalue weighted by Gasteiger charge is -2.04. The second kappa shape index (κ2) is 11.2. The summed E-state index contributed by atoms with van der Waals surface area (Å²) in [6.07, 6.45) is 10.3. The molecular weight excluding hydrogens is 264 g/mol. The molecule has 1 aromatic carbocycles. The maximum Gasteiger partial charge on any atom is 0.220 e. The summed E-state index contributed by atoms with van der Waals surface area (Å²) >= 11 is 0. The highest BCUT2D eigenvalue weighted by molar-refractivity contribution is 5.28. The zero-order valence-corrected chi connectivity index (χ0v) is 13.4. The molecule has 0 saturated carbocycles. The molecule has 0 N–H and O–H groups in total. The summed E-state index contributed by atoms with van der Waals surface area (Å²) in [4.78, 5) is 11.5. The SMILES string of the molecule is CCCCCCCCCCOc1ccc(OC)c(=O)cc1. The van der Waals surface area contributed by atoms with Crippen LogP contribution in [0.5, 0.6) is 11.5 Å². The first-order valence-corrected chi connectivity index (χ1v) is 8.09. The van der Waals surface area contributed by atoms with Crippen LogP contribution < -0.4 is 14.9 Å². The van der Waals surface area contributed by atoms with Gasteiger partial charge in [0.25, 0.3) is 0 Å². The summed E-state index contributed by atoms with van der Waals surface area (Å²) in [7, 11) is 1.50. The molecule has 0 aliphatic rings. The van der Waals surface area contributed by atoms with Crippen LogP contribution in [0.25, 0.3) is 0 Å². The molecule has 0 fully saturated rings. The Labute approximate surface area is 128 Å². The summed E-state index contributed by atoms with van der Waals surface area (Å²) in [5.74, 6) is 1.07. The van der Waals surface area contributed by atoms with E-state index in [9.17, 15) is 4.79 Å². The van der Waals surface area contributed by atoms with Gasteiger partial charge in [-0.05, 0) is 30.7 Å². The fraction of sp³-hybridized carbons (Fsp3) is 0.611. The van der Waals surface area contributed by atoms with Crippen LogP contribution in [0, 0.1) is 0 Å². The normalized spacial score (nSPS) is 10.4. The van der Waals surface area contributed by atoms with Gasteiger partial charge in [-0.3, -0.25) is 4.79 Å². The van der Waals surface area contributed by atoms with Gasteiger partial charge in [-0.1, -0.05) is 51.9 Å². The van der Waals surface area contributed by atoms with Crippen LogP contribution in [-0.2, 0) is 0 Å². The van der Waals surface area contributed by atoms with Crippen molar-refractivity contribution in [3.8, 4) is 11.5 Å². The minimum atomic E-state index is -0.126. The molecule has 118 valence electrons. The Morgan fingerprint density at radius 1 is 0.857 bits per heavy atom. The van der Waals surface area contributed by atoms with Gasteiger partial charge >= 0.3 is 0 Å². The van der Waals surface area contributed by atoms with Crippen LogP contribution in [0.15, 0.2) is 29.1 Å². The largest absolute Gasteiger partial charge is 0.494 e. The summed E-state index contributed by atoms with van der Waals surface area (Å²) in [6, 6.07) is 6.63. The second-order valence-electron chi connectivity index (χ2n) is 5.32. The molecule has 0 aromatic heterocycles. The van der Waals surface area contributed by atoms with Crippen molar-refractivity contribution in [3.05, 3.63) is 34.5 Å². The van der Waals surface area contributed by atoms with Crippen LogP contribution in [0.1, 0.15) is 58.3 Å². The van der Waals surface area contributed by atoms with E-state index < -0.39 is 0 Å². The smallest absolute Gasteiger partial charge is 0.220 e. The molecule has 0 aliphatic heterocycles. The quantitative estimate of drug-likeness (QED) is 0.560. The van der Waals surface area contributed by atoms with Gasteiger partial charge < -0.3 is 9.47 Å². The number of hydrogen-bond acceptors (Lipinski definition) is 3. The molecule has 3 nitrogen and oxygen atoms in total. The van der Waals surface area contributed by atoms with Crippen molar-refractivity contribution in [3.63, 3.8) is 0 Å². The average molecular weight is 292 g/mol. The van der Waals surface area contributed by atoms with Crippen LogP contribution in [0.2, 0.25) is 0 Å². The van der Waals surface area contributed by atoms with Gasteiger partial charge in [0.1, 0.15) is 5.75 Å². The fourth-order valence-electron chi connectivity index (χ4n) is 2.23. The van der Waals surface area contributed by atoms with E-state index in [1.807, 2.05) is 0 Å². The number of hydrogen-bond donors (Lipinski definition) is 0. The van der Waals surface area contributed by atoms with E-state index in [2.05, 4.69) is 6.92 Å². The van der Waals surface area contributed by atoms with Crippen LogP contribution in [0.3, 0.4) is 0 Å². The topological polar surface area (TPSA) is 35.5 Å². The van der Waals surface area contributed by atoms with Crippen LogP contribution in [0.4, 0.5) is 0 Å². The Morgan fingerprint density at radius 2 is 1.48 bits per heavy atom. The third-order valence-corrected chi connectivity index (χ3v) is 3.53. The van der Waals surface area contributed by atoms with Crippen molar-refractivity contribution < 1.29 is 9.47 Å². The molecule has 0 amide bonds. The third kappa shape index (κ3) is 7.74. The van der Waals surface area contributed by atoms with Crippen molar-refractivity contribution >= 4 is 0 Å². The Kier molecular flexibility index (Phi) is 9.34. The van der Waals surface area contributed by atoms with Gasteiger partial charge in [0.05, 0.1) is 13.7 Å². The first-order chi connectivity index (χ1) is 10.3. The highest BCUT2D eigenvalue weighted by Crippen LogP contribution is 2.12. The highest BCUT2D eigenvalue weighted by Gasteiger charge is 1.98. The molecule has 0 radical (unpaired) electrons. The predicted octanol–water partition coefficient (Wildman–Crippen LogP) is 4.57. The fourth-order valence-corrected chi connectivity index (χ4v) is 2.23. The Bertz CT molecular complexity index is 443. The van der Waals surface area contributed by atoms with Crippen molar-refractivity contribution in [2.45, 2.75) is 58.3 Å². The zero-order valence-electron chi connectivity index (χ0n) is 13.4. The Morgan fingerprint density at radius 3 is 2.14 bits per heavy atom. The van der Waals surface area contributed by atoms with Crippen molar-refractivity contribution in [2.75, 3.05) is 13.7 Å². The Hall–Kier alpha value is -1.51. The van der Waals surface area contributed by atoms with Crippen LogP contribution >= 0.6 is 0 Å². The van der Waals surface area contributed by atoms with Crippen molar-refractivity contribution in [1.29, 1.82) is 0 Å². The molecule has 21 heavy (non-hydrogen) atoms. The molecule has 3 heteroatoms. The lowest BCUT2D eigenvalue weighted by Crippen LogP contribution is -1.99. The lowest BCUT2D eigenvalue weighted by atomic mass is 10.1. The molecule has 0 spiro atoms. The minimum Gasteiger partial charge on any atom is -0.494 e. The predicted molar refractivity (Wildman–Crippen MR) is 87.4 cm³/mol. The molecule has 0 aliphatic carbocycles. The van der Waals surface area contributed by atoms with Gasteiger partial charge in [0, 0.05) is 0 Å². The number of rotatable bonds is 11. The number of methoxy groups -OCH3 is 1. The highest BCUT2D eigenvalue weighted by atomic mass is 16.5. The van der Waals surface area contributed by atoms with Crippen LogP contribution in [-0.4, -0.2) is 13.7 Å². The molecule has 0 heterocycles. The van der Waals surface area contributed by atoms with E-state index in [4.69, 9.17) is 9.47 Å². The Balaban J connectivity index is 2.16. The molecule has 1 aromatic rings. The third-order valence-electron chi connectivity index (χ3n) is 3.53. The standard InChI is InChI=1S/C18H28O3/c1-3-4-5-6-7-8-9-10-15-21-16-11-13-17(19)18(20-2)14-12-16/h11-14H,3-10,15H2,1-2H3. The number of unbranched alkanes of at least 4 members (excludes halogenated alkanes) is 7.